The van der Waals surface area contributed by atoms with Crippen LogP contribution in [0.15, 0.2) is 36.7 Å². The molecule has 3 rings (SSSR count). The van der Waals surface area contributed by atoms with Crippen molar-refractivity contribution in [1.29, 1.82) is 0 Å². The van der Waals surface area contributed by atoms with Gasteiger partial charge in [-0.25, -0.2) is 9.97 Å². The Morgan fingerprint density at radius 1 is 1.26 bits per heavy atom. The normalized spacial score (nSPS) is 15.5. The summed E-state index contributed by atoms with van der Waals surface area (Å²) in [6.45, 7) is 4.24. The molecule has 1 aliphatic heterocycles. The average Bonchev–Trinajstić information content (AvgIpc) is 2.56. The van der Waals surface area contributed by atoms with Crippen molar-refractivity contribution in [3.63, 3.8) is 0 Å². The molecule has 1 amide bonds. The third-order valence-corrected chi connectivity index (χ3v) is 4.32. The number of halogens is 1. The summed E-state index contributed by atoms with van der Waals surface area (Å²) in [6.07, 6.45) is 3.81. The summed E-state index contributed by atoms with van der Waals surface area (Å²) in [7, 11) is 0. The largest absolute Gasteiger partial charge is 0.356 e. The van der Waals surface area contributed by atoms with Crippen LogP contribution in [0.3, 0.4) is 0 Å². The first-order valence-corrected chi connectivity index (χ1v) is 8.13. The average molecular weight is 331 g/mol. The predicted molar refractivity (Wildman–Crippen MR) is 92.0 cm³/mol. The smallest absolute Gasteiger partial charge is 0.256 e. The Balaban J connectivity index is 1.71. The Morgan fingerprint density at radius 3 is 2.78 bits per heavy atom. The molecule has 5 nitrogen and oxygen atoms in total. The summed E-state index contributed by atoms with van der Waals surface area (Å²) >= 11 is 5.92. The van der Waals surface area contributed by atoms with Crippen LogP contribution in [0.25, 0.3) is 0 Å². The first-order chi connectivity index (χ1) is 11.1. The highest BCUT2D eigenvalue weighted by molar-refractivity contribution is 6.31. The Hall–Kier alpha value is -2.14. The molecule has 6 heteroatoms. The number of carbonyl (C=O) groups excluding carboxylic acids is 1. The van der Waals surface area contributed by atoms with E-state index >= 15 is 0 Å². The van der Waals surface area contributed by atoms with Crippen LogP contribution in [-0.4, -0.2) is 29.0 Å². The van der Waals surface area contributed by atoms with E-state index in [1.165, 1.54) is 6.33 Å². The van der Waals surface area contributed by atoms with E-state index in [4.69, 9.17) is 11.6 Å². The van der Waals surface area contributed by atoms with Crippen LogP contribution in [0.2, 0.25) is 5.02 Å². The Morgan fingerprint density at radius 2 is 2.04 bits per heavy atom. The molecule has 0 atom stereocenters. The van der Waals surface area contributed by atoms with E-state index in [2.05, 4.69) is 27.1 Å². The highest BCUT2D eigenvalue weighted by Crippen LogP contribution is 2.22. The number of nitrogens with zero attached hydrogens (tertiary/aromatic N) is 3. The first-order valence-electron chi connectivity index (χ1n) is 7.76. The number of rotatable bonds is 3. The zero-order valence-corrected chi connectivity index (χ0v) is 13.8. The van der Waals surface area contributed by atoms with Crippen LogP contribution in [-0.2, 0) is 0 Å². The minimum Gasteiger partial charge on any atom is -0.356 e. The number of hydrogen-bond donors (Lipinski definition) is 1. The highest BCUT2D eigenvalue weighted by Gasteiger charge is 2.17. The topological polar surface area (TPSA) is 58.1 Å². The molecule has 2 aromatic rings. The van der Waals surface area contributed by atoms with Crippen molar-refractivity contribution in [1.82, 2.24) is 9.97 Å². The Kier molecular flexibility index (Phi) is 4.76. The molecule has 0 bridgehead atoms. The molecule has 0 unspecified atom stereocenters. The lowest BCUT2D eigenvalue weighted by Crippen LogP contribution is -2.33. The predicted octanol–water partition coefficient (Wildman–Crippen LogP) is 3.62. The number of nitrogens with one attached hydrogen (secondary N) is 1. The van der Waals surface area contributed by atoms with Gasteiger partial charge in [0.25, 0.3) is 5.91 Å². The molecule has 2 heterocycles. The highest BCUT2D eigenvalue weighted by atomic mass is 35.5. The molecular formula is C17H19ClN4O. The van der Waals surface area contributed by atoms with Gasteiger partial charge in [0.1, 0.15) is 18.0 Å². The van der Waals surface area contributed by atoms with E-state index in [9.17, 15) is 4.79 Å². The SMILES string of the molecule is CC1CCN(c2cc(NC(=O)c3cccc(Cl)c3)ncn2)CC1. The number of piperidine rings is 1. The van der Waals surface area contributed by atoms with Gasteiger partial charge in [-0.3, -0.25) is 4.79 Å². The second-order valence-electron chi connectivity index (χ2n) is 5.90. The van der Waals surface area contributed by atoms with Gasteiger partial charge < -0.3 is 10.2 Å². The number of anilines is 2. The quantitative estimate of drug-likeness (QED) is 0.933. The van der Waals surface area contributed by atoms with Crippen LogP contribution in [0.4, 0.5) is 11.6 Å². The third-order valence-electron chi connectivity index (χ3n) is 4.09. The molecular weight excluding hydrogens is 312 g/mol. The van der Waals surface area contributed by atoms with Gasteiger partial charge in [-0.05, 0) is 37.0 Å². The molecule has 0 saturated carbocycles. The van der Waals surface area contributed by atoms with Gasteiger partial charge in [-0.15, -0.1) is 0 Å². The second kappa shape index (κ2) is 6.96. The number of hydrogen-bond acceptors (Lipinski definition) is 4. The molecule has 23 heavy (non-hydrogen) atoms. The number of aromatic nitrogens is 2. The van der Waals surface area contributed by atoms with Crippen molar-refractivity contribution < 1.29 is 4.79 Å². The monoisotopic (exact) mass is 330 g/mol. The minimum absolute atomic E-state index is 0.232. The third kappa shape index (κ3) is 3.99. The van der Waals surface area contributed by atoms with Gasteiger partial charge in [-0.1, -0.05) is 24.6 Å². The molecule has 1 aromatic heterocycles. The van der Waals surface area contributed by atoms with Gasteiger partial charge in [0.2, 0.25) is 0 Å². The summed E-state index contributed by atoms with van der Waals surface area (Å²) in [6, 6.07) is 8.65. The van der Waals surface area contributed by atoms with Gasteiger partial charge in [0.15, 0.2) is 0 Å². The van der Waals surface area contributed by atoms with Gasteiger partial charge in [0, 0.05) is 29.7 Å². The first kappa shape index (κ1) is 15.7. The molecule has 0 aliphatic carbocycles. The zero-order chi connectivity index (χ0) is 16.2. The van der Waals surface area contributed by atoms with E-state index in [0.717, 1.165) is 37.7 Å². The molecule has 0 radical (unpaired) electrons. The van der Waals surface area contributed by atoms with Crippen LogP contribution in [0, 0.1) is 5.92 Å². The van der Waals surface area contributed by atoms with Crippen molar-refractivity contribution in [2.24, 2.45) is 5.92 Å². The summed E-state index contributed by atoms with van der Waals surface area (Å²) < 4.78 is 0. The van der Waals surface area contributed by atoms with Crippen LogP contribution in [0.5, 0.6) is 0 Å². The van der Waals surface area contributed by atoms with Crippen molar-refractivity contribution in [3.05, 3.63) is 47.2 Å². The number of amides is 1. The van der Waals surface area contributed by atoms with Crippen molar-refractivity contribution in [2.75, 3.05) is 23.3 Å². The van der Waals surface area contributed by atoms with E-state index in [-0.39, 0.29) is 5.91 Å². The lowest BCUT2D eigenvalue weighted by Gasteiger charge is -2.31. The maximum atomic E-state index is 12.3. The fourth-order valence-corrected chi connectivity index (χ4v) is 2.83. The van der Waals surface area contributed by atoms with Crippen molar-refractivity contribution >= 4 is 29.1 Å². The minimum atomic E-state index is -0.232. The van der Waals surface area contributed by atoms with Crippen LogP contribution in [0.1, 0.15) is 30.1 Å². The Bertz CT molecular complexity index is 698. The molecule has 0 spiro atoms. The van der Waals surface area contributed by atoms with E-state index in [1.807, 2.05) is 6.07 Å². The van der Waals surface area contributed by atoms with Crippen molar-refractivity contribution in [3.8, 4) is 0 Å². The fraction of sp³-hybridized carbons (Fsp3) is 0.353. The van der Waals surface area contributed by atoms with Crippen molar-refractivity contribution in [2.45, 2.75) is 19.8 Å². The second-order valence-corrected chi connectivity index (χ2v) is 6.33. The summed E-state index contributed by atoms with van der Waals surface area (Å²) in [4.78, 5) is 22.9. The summed E-state index contributed by atoms with van der Waals surface area (Å²) in [5.41, 5.74) is 0.504. The Labute approximate surface area is 140 Å². The van der Waals surface area contributed by atoms with Crippen LogP contribution >= 0.6 is 11.6 Å². The summed E-state index contributed by atoms with van der Waals surface area (Å²) in [5, 5.41) is 3.33. The lowest BCUT2D eigenvalue weighted by molar-refractivity contribution is 0.102. The zero-order valence-electron chi connectivity index (χ0n) is 13.0. The van der Waals surface area contributed by atoms with Gasteiger partial charge in [0.05, 0.1) is 0 Å². The van der Waals surface area contributed by atoms with E-state index in [0.29, 0.717) is 16.4 Å². The van der Waals surface area contributed by atoms with E-state index < -0.39 is 0 Å². The molecule has 1 saturated heterocycles. The summed E-state index contributed by atoms with van der Waals surface area (Å²) in [5.74, 6) is 1.88. The molecule has 1 N–H and O–H groups in total. The molecule has 1 fully saturated rings. The molecule has 1 aliphatic rings. The maximum absolute atomic E-state index is 12.3. The van der Waals surface area contributed by atoms with E-state index in [1.54, 1.807) is 24.3 Å². The molecule has 1 aromatic carbocycles. The maximum Gasteiger partial charge on any atom is 0.256 e. The van der Waals surface area contributed by atoms with Gasteiger partial charge >= 0.3 is 0 Å². The van der Waals surface area contributed by atoms with Crippen LogP contribution < -0.4 is 10.2 Å². The molecule has 120 valence electrons. The number of benzene rings is 1. The lowest BCUT2D eigenvalue weighted by atomic mass is 9.99. The van der Waals surface area contributed by atoms with Gasteiger partial charge in [-0.2, -0.15) is 0 Å². The number of carbonyl (C=O) groups is 1. The standard InChI is InChI=1S/C17H19ClN4O/c1-12-5-7-22(8-6-12)16-10-15(19-11-20-16)21-17(23)13-3-2-4-14(18)9-13/h2-4,9-12H,5-8H2,1H3,(H,19,20,21,23). The fourth-order valence-electron chi connectivity index (χ4n) is 2.64.